The van der Waals surface area contributed by atoms with E-state index in [0.717, 1.165) is 5.56 Å². The summed E-state index contributed by atoms with van der Waals surface area (Å²) in [6.07, 6.45) is 1.75. The van der Waals surface area contributed by atoms with E-state index in [0.29, 0.717) is 27.5 Å². The number of nitrogens with one attached hydrogen (secondary N) is 2. The van der Waals surface area contributed by atoms with Crippen molar-refractivity contribution in [2.24, 2.45) is 0 Å². The number of sulfonamides is 1. The van der Waals surface area contributed by atoms with E-state index in [4.69, 9.17) is 11.6 Å². The highest BCUT2D eigenvalue weighted by Gasteiger charge is 2.24. The molecule has 5 nitrogen and oxygen atoms in total. The Balaban J connectivity index is 2.00. The predicted molar refractivity (Wildman–Crippen MR) is 97.5 cm³/mol. The van der Waals surface area contributed by atoms with E-state index in [1.54, 1.807) is 43.3 Å². The summed E-state index contributed by atoms with van der Waals surface area (Å²) in [6.45, 7) is 1.56. The van der Waals surface area contributed by atoms with Gasteiger partial charge in [0.05, 0.1) is 5.75 Å². The number of carbonyl (C=O) groups excluding carboxylic acids is 1. The second-order valence-electron chi connectivity index (χ2n) is 5.33. The number of hydrogen-bond acceptors (Lipinski definition) is 3. The molecule has 1 amide bonds. The molecule has 0 aliphatic carbocycles. The Kier molecular flexibility index (Phi) is 4.34. The van der Waals surface area contributed by atoms with Crippen LogP contribution in [0.15, 0.2) is 42.5 Å². The largest absolute Gasteiger partial charge is 0.321 e. The number of anilines is 2. The first-order chi connectivity index (χ1) is 11.4. The summed E-state index contributed by atoms with van der Waals surface area (Å²) in [7, 11) is -3.37. The van der Waals surface area contributed by atoms with Gasteiger partial charge < -0.3 is 5.32 Å². The van der Waals surface area contributed by atoms with Gasteiger partial charge >= 0.3 is 0 Å². The van der Waals surface area contributed by atoms with Crippen LogP contribution in [0.2, 0.25) is 5.02 Å². The molecule has 24 heavy (non-hydrogen) atoms. The van der Waals surface area contributed by atoms with Crippen LogP contribution >= 0.6 is 11.6 Å². The van der Waals surface area contributed by atoms with Crippen LogP contribution in [0.25, 0.3) is 11.6 Å². The first kappa shape index (κ1) is 16.5. The Hall–Kier alpha value is -2.31. The van der Waals surface area contributed by atoms with Gasteiger partial charge in [-0.2, -0.15) is 0 Å². The Morgan fingerprint density at radius 1 is 1.17 bits per heavy atom. The van der Waals surface area contributed by atoms with Gasteiger partial charge in [0, 0.05) is 27.5 Å². The highest BCUT2D eigenvalue weighted by molar-refractivity contribution is 7.92. The quantitative estimate of drug-likeness (QED) is 0.816. The lowest BCUT2D eigenvalue weighted by atomic mass is 10.0. The number of hydrogen-bond donors (Lipinski definition) is 2. The maximum atomic E-state index is 12.2. The van der Waals surface area contributed by atoms with Gasteiger partial charge in [-0.15, -0.1) is 0 Å². The fraction of sp³-hybridized carbons (Fsp3) is 0.118. The second kappa shape index (κ2) is 6.30. The van der Waals surface area contributed by atoms with Gasteiger partial charge in [0.2, 0.25) is 10.0 Å². The number of carbonyl (C=O) groups is 1. The van der Waals surface area contributed by atoms with Crippen LogP contribution in [0, 0.1) is 0 Å². The van der Waals surface area contributed by atoms with E-state index in [-0.39, 0.29) is 11.7 Å². The molecule has 1 heterocycles. The van der Waals surface area contributed by atoms with Crippen molar-refractivity contribution in [1.82, 2.24) is 0 Å². The number of amides is 1. The van der Waals surface area contributed by atoms with Crippen molar-refractivity contribution in [1.29, 1.82) is 0 Å². The summed E-state index contributed by atoms with van der Waals surface area (Å²) in [5.74, 6) is -0.246. The van der Waals surface area contributed by atoms with E-state index in [1.165, 1.54) is 0 Å². The van der Waals surface area contributed by atoms with Crippen molar-refractivity contribution >= 4 is 50.6 Å². The van der Waals surface area contributed by atoms with Gasteiger partial charge in [0.15, 0.2) is 0 Å². The summed E-state index contributed by atoms with van der Waals surface area (Å²) < 4.78 is 25.9. The lowest BCUT2D eigenvalue weighted by Crippen LogP contribution is -2.14. The van der Waals surface area contributed by atoms with Crippen molar-refractivity contribution in [3.05, 3.63) is 58.6 Å². The molecule has 124 valence electrons. The fourth-order valence-corrected chi connectivity index (χ4v) is 3.13. The van der Waals surface area contributed by atoms with Crippen LogP contribution in [-0.4, -0.2) is 20.1 Å². The molecule has 2 aromatic rings. The number of benzene rings is 2. The molecule has 0 fully saturated rings. The smallest absolute Gasteiger partial charge is 0.256 e. The molecule has 1 aliphatic heterocycles. The molecule has 0 atom stereocenters. The van der Waals surface area contributed by atoms with Crippen molar-refractivity contribution in [2.75, 3.05) is 15.8 Å². The van der Waals surface area contributed by atoms with Crippen LogP contribution < -0.4 is 10.0 Å². The number of halogens is 1. The number of rotatable bonds is 4. The average molecular weight is 363 g/mol. The van der Waals surface area contributed by atoms with E-state index in [2.05, 4.69) is 10.0 Å². The Morgan fingerprint density at radius 2 is 1.88 bits per heavy atom. The Labute approximate surface area is 145 Å². The average Bonchev–Trinajstić information content (AvgIpc) is 2.85. The van der Waals surface area contributed by atoms with Gasteiger partial charge in [-0.25, -0.2) is 8.42 Å². The summed E-state index contributed by atoms with van der Waals surface area (Å²) in [4.78, 5) is 12.2. The normalized spacial score (nSPS) is 15.2. The minimum atomic E-state index is -3.37. The molecule has 3 rings (SSSR count). The second-order valence-corrected chi connectivity index (χ2v) is 7.78. The van der Waals surface area contributed by atoms with Crippen molar-refractivity contribution in [3.8, 4) is 0 Å². The summed E-state index contributed by atoms with van der Waals surface area (Å²) in [6, 6.07) is 12.1. The molecule has 0 aromatic heterocycles. The molecule has 2 N–H and O–H groups in total. The van der Waals surface area contributed by atoms with Crippen LogP contribution in [0.1, 0.15) is 18.1 Å². The Bertz CT molecular complexity index is 935. The molecular weight excluding hydrogens is 348 g/mol. The van der Waals surface area contributed by atoms with Gasteiger partial charge in [-0.3, -0.25) is 9.52 Å². The van der Waals surface area contributed by atoms with E-state index in [9.17, 15) is 13.2 Å². The SMILES string of the molecule is CCS(=O)(=O)Nc1ccc2c(c1)/C(=C/c1ccc(Cl)cc1)C(=O)N2. The van der Waals surface area contributed by atoms with E-state index >= 15 is 0 Å². The molecule has 2 aromatic carbocycles. The third kappa shape index (κ3) is 3.44. The lowest BCUT2D eigenvalue weighted by Gasteiger charge is -2.07. The molecule has 0 radical (unpaired) electrons. The fourth-order valence-electron chi connectivity index (χ4n) is 2.37. The highest BCUT2D eigenvalue weighted by atomic mass is 35.5. The zero-order valence-corrected chi connectivity index (χ0v) is 14.4. The Morgan fingerprint density at radius 3 is 2.54 bits per heavy atom. The molecule has 0 bridgehead atoms. The monoisotopic (exact) mass is 362 g/mol. The summed E-state index contributed by atoms with van der Waals surface area (Å²) in [5, 5.41) is 3.39. The standard InChI is InChI=1S/C17H15ClN2O3S/c1-2-24(22,23)20-13-7-8-16-14(10-13)15(17(21)19-16)9-11-3-5-12(18)6-4-11/h3-10,20H,2H2,1H3,(H,19,21)/b15-9-. The molecule has 0 saturated carbocycles. The third-order valence-electron chi connectivity index (χ3n) is 3.64. The molecule has 0 unspecified atom stereocenters. The van der Waals surface area contributed by atoms with Crippen LogP contribution in [0.5, 0.6) is 0 Å². The maximum Gasteiger partial charge on any atom is 0.256 e. The number of fused-ring (bicyclic) bond motifs is 1. The van der Waals surface area contributed by atoms with Crippen LogP contribution in [0.3, 0.4) is 0 Å². The minimum absolute atomic E-state index is 0.0191. The summed E-state index contributed by atoms with van der Waals surface area (Å²) >= 11 is 5.87. The van der Waals surface area contributed by atoms with E-state index in [1.807, 2.05) is 12.1 Å². The van der Waals surface area contributed by atoms with Gasteiger partial charge in [-0.1, -0.05) is 23.7 Å². The van der Waals surface area contributed by atoms with Crippen molar-refractivity contribution in [3.63, 3.8) is 0 Å². The molecule has 0 saturated heterocycles. The van der Waals surface area contributed by atoms with Crippen LogP contribution in [-0.2, 0) is 14.8 Å². The zero-order chi connectivity index (χ0) is 17.3. The first-order valence-corrected chi connectivity index (χ1v) is 9.34. The lowest BCUT2D eigenvalue weighted by molar-refractivity contribution is -0.110. The summed E-state index contributed by atoms with van der Waals surface area (Å²) in [5.41, 5.74) is 3.04. The highest BCUT2D eigenvalue weighted by Crippen LogP contribution is 2.35. The first-order valence-electron chi connectivity index (χ1n) is 7.31. The topological polar surface area (TPSA) is 75.3 Å². The van der Waals surface area contributed by atoms with E-state index < -0.39 is 10.0 Å². The maximum absolute atomic E-state index is 12.2. The van der Waals surface area contributed by atoms with Gasteiger partial charge in [-0.05, 0) is 48.9 Å². The van der Waals surface area contributed by atoms with Crippen molar-refractivity contribution < 1.29 is 13.2 Å². The van der Waals surface area contributed by atoms with Crippen LogP contribution in [0.4, 0.5) is 11.4 Å². The predicted octanol–water partition coefficient (Wildman–Crippen LogP) is 3.59. The zero-order valence-electron chi connectivity index (χ0n) is 12.8. The van der Waals surface area contributed by atoms with Crippen molar-refractivity contribution in [2.45, 2.75) is 6.92 Å². The molecule has 7 heteroatoms. The van der Waals surface area contributed by atoms with Gasteiger partial charge in [0.25, 0.3) is 5.91 Å². The molecule has 1 aliphatic rings. The molecular formula is C17H15ClN2O3S. The third-order valence-corrected chi connectivity index (χ3v) is 5.20. The van der Waals surface area contributed by atoms with Gasteiger partial charge in [0.1, 0.15) is 0 Å². The molecule has 0 spiro atoms. The minimum Gasteiger partial charge on any atom is -0.321 e.